The number of hydrogen-bond donors (Lipinski definition) is 1. The molecule has 2 amide bonds. The van der Waals surface area contributed by atoms with E-state index in [2.05, 4.69) is 5.32 Å². The Morgan fingerprint density at radius 1 is 1.28 bits per heavy atom. The molecule has 6 nitrogen and oxygen atoms in total. The van der Waals surface area contributed by atoms with Gasteiger partial charge in [0.1, 0.15) is 15.9 Å². The maximum absolute atomic E-state index is 12.8. The van der Waals surface area contributed by atoms with E-state index in [4.69, 9.17) is 0 Å². The molecule has 1 heterocycles. The van der Waals surface area contributed by atoms with Gasteiger partial charge in [0.25, 0.3) is 5.91 Å². The highest BCUT2D eigenvalue weighted by Crippen LogP contribution is 2.26. The number of nitrogens with zero attached hydrogens (tertiary/aromatic N) is 1. The molecule has 0 bridgehead atoms. The fourth-order valence-corrected chi connectivity index (χ4v) is 4.30. The maximum atomic E-state index is 12.8. The second-order valence-corrected chi connectivity index (χ2v) is 9.27. The summed E-state index contributed by atoms with van der Waals surface area (Å²) >= 11 is 0. The van der Waals surface area contributed by atoms with Crippen LogP contribution >= 0.6 is 0 Å². The van der Waals surface area contributed by atoms with Crippen LogP contribution in [0.4, 0.5) is 0 Å². The lowest BCUT2D eigenvalue weighted by atomic mass is 10.1. The van der Waals surface area contributed by atoms with E-state index in [1.54, 1.807) is 12.1 Å². The highest BCUT2D eigenvalue weighted by molar-refractivity contribution is 7.90. The number of carbonyl (C=O) groups is 2. The smallest absolute Gasteiger partial charge is 0.255 e. The van der Waals surface area contributed by atoms with Crippen LogP contribution in [0.1, 0.15) is 48.0 Å². The van der Waals surface area contributed by atoms with E-state index >= 15 is 0 Å². The van der Waals surface area contributed by atoms with E-state index in [9.17, 15) is 18.0 Å². The van der Waals surface area contributed by atoms with E-state index in [-0.39, 0.29) is 30.0 Å². The van der Waals surface area contributed by atoms with Crippen molar-refractivity contribution < 1.29 is 18.0 Å². The summed E-state index contributed by atoms with van der Waals surface area (Å²) in [5.74, 6) is -0.553. The number of carbonyl (C=O) groups excluding carboxylic acids is 2. The Bertz CT molecular complexity index is 769. The number of sulfone groups is 1. The topological polar surface area (TPSA) is 83.6 Å². The van der Waals surface area contributed by atoms with Crippen LogP contribution in [-0.4, -0.2) is 49.2 Å². The fourth-order valence-electron chi connectivity index (χ4n) is 3.65. The van der Waals surface area contributed by atoms with Gasteiger partial charge in [-0.1, -0.05) is 31.0 Å². The van der Waals surface area contributed by atoms with Gasteiger partial charge in [-0.25, -0.2) is 8.42 Å². The molecule has 1 atom stereocenters. The average Bonchev–Trinajstić information content (AvgIpc) is 3.16. The number of benzene rings is 1. The minimum atomic E-state index is -3.21. The zero-order valence-corrected chi connectivity index (χ0v) is 15.2. The van der Waals surface area contributed by atoms with Crippen LogP contribution in [0.5, 0.6) is 0 Å². The first-order valence-corrected chi connectivity index (χ1v) is 10.8. The monoisotopic (exact) mass is 364 g/mol. The normalized spacial score (nSPS) is 19.1. The predicted octanol–water partition coefficient (Wildman–Crippen LogP) is 1.50. The van der Waals surface area contributed by atoms with Crippen LogP contribution in [0, 0.1) is 0 Å². The van der Waals surface area contributed by atoms with Crippen molar-refractivity contribution in [3.63, 3.8) is 0 Å². The molecular weight excluding hydrogens is 340 g/mol. The second-order valence-electron chi connectivity index (χ2n) is 7.01. The van der Waals surface area contributed by atoms with E-state index in [0.717, 1.165) is 37.5 Å². The molecule has 1 aromatic carbocycles. The molecule has 7 heteroatoms. The van der Waals surface area contributed by atoms with E-state index in [1.165, 1.54) is 4.90 Å². The maximum Gasteiger partial charge on any atom is 0.255 e. The van der Waals surface area contributed by atoms with Crippen molar-refractivity contribution in [3.8, 4) is 0 Å². The van der Waals surface area contributed by atoms with Crippen LogP contribution < -0.4 is 5.32 Å². The number of hydrogen-bond acceptors (Lipinski definition) is 4. The van der Waals surface area contributed by atoms with Gasteiger partial charge in [0.15, 0.2) is 0 Å². The van der Waals surface area contributed by atoms with Crippen molar-refractivity contribution in [1.29, 1.82) is 0 Å². The summed E-state index contributed by atoms with van der Waals surface area (Å²) in [6, 6.07) is 6.66. The molecule has 1 unspecified atom stereocenters. The summed E-state index contributed by atoms with van der Waals surface area (Å²) in [4.78, 5) is 27.0. The van der Waals surface area contributed by atoms with Gasteiger partial charge >= 0.3 is 0 Å². The van der Waals surface area contributed by atoms with Gasteiger partial charge in [0.05, 0.1) is 5.75 Å². The van der Waals surface area contributed by atoms with Crippen LogP contribution in [0.25, 0.3) is 0 Å². The molecule has 0 radical (unpaired) electrons. The van der Waals surface area contributed by atoms with Gasteiger partial charge in [-0.05, 0) is 30.9 Å². The Kier molecular flexibility index (Phi) is 5.13. The van der Waals surface area contributed by atoms with Crippen LogP contribution in [0.3, 0.4) is 0 Å². The van der Waals surface area contributed by atoms with Crippen molar-refractivity contribution in [1.82, 2.24) is 10.2 Å². The summed E-state index contributed by atoms with van der Waals surface area (Å²) in [5, 5.41) is 3.01. The Morgan fingerprint density at radius 3 is 2.60 bits per heavy atom. The Hall–Kier alpha value is -1.89. The second kappa shape index (κ2) is 7.15. The molecule has 1 aliphatic heterocycles. The van der Waals surface area contributed by atoms with Crippen LogP contribution in [-0.2, 0) is 21.2 Å². The predicted molar refractivity (Wildman–Crippen MR) is 94.8 cm³/mol. The summed E-state index contributed by atoms with van der Waals surface area (Å²) in [5.41, 5.74) is 1.48. The van der Waals surface area contributed by atoms with Crippen molar-refractivity contribution in [3.05, 3.63) is 35.4 Å². The Balaban J connectivity index is 1.78. The first kappa shape index (κ1) is 17.9. The molecule has 1 fully saturated rings. The molecule has 1 aliphatic carbocycles. The van der Waals surface area contributed by atoms with Crippen LogP contribution in [0.2, 0.25) is 0 Å². The van der Waals surface area contributed by atoms with Gasteiger partial charge < -0.3 is 10.2 Å². The standard InChI is InChI=1S/C18H24N2O4S/c1-25(23,24)11-10-16(17(21)19-14-7-3-4-8-14)20-12-13-6-2-5-9-15(13)18(20)22/h2,5-6,9,14,16H,3-4,7-8,10-12H2,1H3,(H,19,21). The van der Waals surface area contributed by atoms with Gasteiger partial charge in [-0.3, -0.25) is 9.59 Å². The number of rotatable bonds is 6. The van der Waals surface area contributed by atoms with Gasteiger partial charge in [0, 0.05) is 24.4 Å². The lowest BCUT2D eigenvalue weighted by Gasteiger charge is -2.28. The minimum Gasteiger partial charge on any atom is -0.352 e. The third kappa shape index (κ3) is 4.21. The molecule has 1 N–H and O–H groups in total. The average molecular weight is 364 g/mol. The minimum absolute atomic E-state index is 0.115. The Morgan fingerprint density at radius 2 is 1.96 bits per heavy atom. The Labute approximate surface area is 148 Å². The SMILES string of the molecule is CS(=O)(=O)CCC(C(=O)NC1CCCC1)N1Cc2ccccc2C1=O. The molecule has 0 aromatic heterocycles. The summed E-state index contributed by atoms with van der Waals surface area (Å²) in [7, 11) is -3.21. The first-order valence-electron chi connectivity index (χ1n) is 8.72. The summed E-state index contributed by atoms with van der Waals surface area (Å²) in [6.45, 7) is 0.349. The lowest BCUT2D eigenvalue weighted by Crippen LogP contribution is -2.50. The largest absolute Gasteiger partial charge is 0.352 e. The van der Waals surface area contributed by atoms with Crippen molar-refractivity contribution in [2.75, 3.05) is 12.0 Å². The fraction of sp³-hybridized carbons (Fsp3) is 0.556. The molecule has 0 saturated heterocycles. The molecule has 0 spiro atoms. The van der Waals surface area contributed by atoms with Gasteiger partial charge in [-0.15, -0.1) is 0 Å². The number of fused-ring (bicyclic) bond motifs is 1. The molecular formula is C18H24N2O4S. The molecule has 3 rings (SSSR count). The lowest BCUT2D eigenvalue weighted by molar-refractivity contribution is -0.126. The molecule has 1 saturated carbocycles. The summed E-state index contributed by atoms with van der Waals surface area (Å²) in [6.07, 6.45) is 5.34. The molecule has 136 valence electrons. The third-order valence-corrected chi connectivity index (χ3v) is 5.97. The molecule has 1 aromatic rings. The first-order chi connectivity index (χ1) is 11.8. The molecule has 25 heavy (non-hydrogen) atoms. The van der Waals surface area contributed by atoms with E-state index < -0.39 is 15.9 Å². The van der Waals surface area contributed by atoms with Crippen LogP contribution in [0.15, 0.2) is 24.3 Å². The van der Waals surface area contributed by atoms with Crippen molar-refractivity contribution >= 4 is 21.7 Å². The zero-order valence-electron chi connectivity index (χ0n) is 14.4. The highest BCUT2D eigenvalue weighted by Gasteiger charge is 2.37. The van der Waals surface area contributed by atoms with Gasteiger partial charge in [-0.2, -0.15) is 0 Å². The number of nitrogens with one attached hydrogen (secondary N) is 1. The zero-order chi connectivity index (χ0) is 18.0. The third-order valence-electron chi connectivity index (χ3n) is 4.99. The quantitative estimate of drug-likeness (QED) is 0.829. The van der Waals surface area contributed by atoms with Crippen molar-refractivity contribution in [2.45, 2.75) is 50.7 Å². The van der Waals surface area contributed by atoms with Crippen molar-refractivity contribution in [2.24, 2.45) is 0 Å². The number of amides is 2. The van der Waals surface area contributed by atoms with E-state index in [1.807, 2.05) is 12.1 Å². The molecule has 2 aliphatic rings. The summed E-state index contributed by atoms with van der Waals surface area (Å²) < 4.78 is 23.2. The van der Waals surface area contributed by atoms with Gasteiger partial charge in [0.2, 0.25) is 5.91 Å². The highest BCUT2D eigenvalue weighted by atomic mass is 32.2. The van der Waals surface area contributed by atoms with E-state index in [0.29, 0.717) is 12.1 Å².